The molecule has 1 heterocycles. The SMILES string of the molecule is CC1CCNC(C(=O)Nc2ccc(F)c(F)c2F)C1. The second kappa shape index (κ2) is 5.61. The van der Waals surface area contributed by atoms with Crippen molar-refractivity contribution in [1.82, 2.24) is 5.32 Å². The van der Waals surface area contributed by atoms with E-state index in [-0.39, 0.29) is 5.69 Å². The molecule has 1 saturated heterocycles. The summed E-state index contributed by atoms with van der Waals surface area (Å²) in [6.07, 6.45) is 1.61. The van der Waals surface area contributed by atoms with Crippen molar-refractivity contribution in [2.45, 2.75) is 25.8 Å². The Bertz CT molecular complexity index is 493. The van der Waals surface area contributed by atoms with Crippen LogP contribution >= 0.6 is 0 Å². The third-order valence-electron chi connectivity index (χ3n) is 3.28. The van der Waals surface area contributed by atoms with Crippen LogP contribution in [0.2, 0.25) is 0 Å². The maximum Gasteiger partial charge on any atom is 0.241 e. The number of nitrogens with one attached hydrogen (secondary N) is 2. The van der Waals surface area contributed by atoms with Crippen LogP contribution in [0.15, 0.2) is 12.1 Å². The molecular weight excluding hydrogens is 257 g/mol. The van der Waals surface area contributed by atoms with Crippen molar-refractivity contribution in [3.63, 3.8) is 0 Å². The molecule has 1 amide bonds. The molecule has 2 unspecified atom stereocenters. The van der Waals surface area contributed by atoms with Crippen LogP contribution in [0.25, 0.3) is 0 Å². The Morgan fingerprint density at radius 2 is 2.05 bits per heavy atom. The van der Waals surface area contributed by atoms with E-state index in [1.54, 1.807) is 0 Å². The van der Waals surface area contributed by atoms with Gasteiger partial charge in [0.05, 0.1) is 11.7 Å². The second-order valence-electron chi connectivity index (χ2n) is 4.85. The van der Waals surface area contributed by atoms with Crippen LogP contribution in [0.3, 0.4) is 0 Å². The summed E-state index contributed by atoms with van der Waals surface area (Å²) in [5, 5.41) is 5.30. The number of rotatable bonds is 2. The molecule has 19 heavy (non-hydrogen) atoms. The van der Waals surface area contributed by atoms with Crippen molar-refractivity contribution in [2.75, 3.05) is 11.9 Å². The lowest BCUT2D eigenvalue weighted by Gasteiger charge is -2.27. The molecule has 1 aromatic carbocycles. The minimum absolute atomic E-state index is 0.344. The van der Waals surface area contributed by atoms with Gasteiger partial charge < -0.3 is 10.6 Å². The quantitative estimate of drug-likeness (QED) is 0.812. The zero-order chi connectivity index (χ0) is 14.0. The number of anilines is 1. The van der Waals surface area contributed by atoms with Crippen LogP contribution in [0.1, 0.15) is 19.8 Å². The number of carbonyl (C=O) groups excluding carboxylic acids is 1. The Kier molecular flexibility index (Phi) is 4.09. The van der Waals surface area contributed by atoms with E-state index < -0.39 is 29.4 Å². The van der Waals surface area contributed by atoms with Crippen LogP contribution in [-0.2, 0) is 4.79 Å². The molecule has 0 spiro atoms. The van der Waals surface area contributed by atoms with E-state index in [1.807, 2.05) is 6.92 Å². The lowest BCUT2D eigenvalue weighted by molar-refractivity contribution is -0.119. The van der Waals surface area contributed by atoms with Gasteiger partial charge in [0.1, 0.15) is 0 Å². The zero-order valence-electron chi connectivity index (χ0n) is 10.5. The summed E-state index contributed by atoms with van der Waals surface area (Å²) in [5.74, 6) is -4.27. The van der Waals surface area contributed by atoms with E-state index in [2.05, 4.69) is 10.6 Å². The molecule has 1 fully saturated rings. The highest BCUT2D eigenvalue weighted by atomic mass is 19.2. The minimum atomic E-state index is -1.58. The molecule has 2 rings (SSSR count). The van der Waals surface area contributed by atoms with Crippen LogP contribution < -0.4 is 10.6 Å². The predicted molar refractivity (Wildman–Crippen MR) is 65.1 cm³/mol. The molecule has 1 aliphatic rings. The topological polar surface area (TPSA) is 41.1 Å². The highest BCUT2D eigenvalue weighted by Gasteiger charge is 2.25. The number of benzene rings is 1. The molecule has 104 valence electrons. The van der Waals surface area contributed by atoms with Crippen LogP contribution in [0, 0.1) is 23.4 Å². The van der Waals surface area contributed by atoms with E-state index in [0.29, 0.717) is 18.9 Å². The lowest BCUT2D eigenvalue weighted by Crippen LogP contribution is -2.45. The van der Waals surface area contributed by atoms with Gasteiger partial charge in [0.25, 0.3) is 0 Å². The van der Waals surface area contributed by atoms with Crippen molar-refractivity contribution < 1.29 is 18.0 Å². The summed E-state index contributed by atoms with van der Waals surface area (Å²) in [4.78, 5) is 11.9. The third kappa shape index (κ3) is 3.07. The molecule has 1 aromatic rings. The first-order valence-electron chi connectivity index (χ1n) is 6.16. The fourth-order valence-corrected chi connectivity index (χ4v) is 2.15. The Hall–Kier alpha value is -1.56. The minimum Gasteiger partial charge on any atom is -0.322 e. The number of carbonyl (C=O) groups is 1. The van der Waals surface area contributed by atoms with Gasteiger partial charge in [-0.25, -0.2) is 13.2 Å². The van der Waals surface area contributed by atoms with Crippen molar-refractivity contribution in [1.29, 1.82) is 0 Å². The average molecular weight is 272 g/mol. The standard InChI is InChI=1S/C13H15F3N2O/c1-7-4-5-17-10(6-7)13(19)18-9-3-2-8(14)11(15)12(9)16/h2-3,7,10,17H,4-6H2,1H3,(H,18,19). The summed E-state index contributed by atoms with van der Waals surface area (Å²) >= 11 is 0. The van der Waals surface area contributed by atoms with E-state index in [4.69, 9.17) is 0 Å². The Morgan fingerprint density at radius 3 is 2.74 bits per heavy atom. The fraction of sp³-hybridized carbons (Fsp3) is 0.462. The summed E-state index contributed by atoms with van der Waals surface area (Å²) in [7, 11) is 0. The van der Waals surface area contributed by atoms with Gasteiger partial charge in [-0.1, -0.05) is 6.92 Å². The molecule has 2 N–H and O–H groups in total. The van der Waals surface area contributed by atoms with Crippen molar-refractivity contribution >= 4 is 11.6 Å². The molecule has 0 bridgehead atoms. The maximum absolute atomic E-state index is 13.4. The van der Waals surface area contributed by atoms with Gasteiger partial charge >= 0.3 is 0 Å². The molecule has 2 atom stereocenters. The largest absolute Gasteiger partial charge is 0.322 e. The van der Waals surface area contributed by atoms with E-state index in [0.717, 1.165) is 18.6 Å². The second-order valence-corrected chi connectivity index (χ2v) is 4.85. The van der Waals surface area contributed by atoms with Gasteiger partial charge in [0.2, 0.25) is 5.91 Å². The predicted octanol–water partition coefficient (Wildman–Crippen LogP) is 2.43. The average Bonchev–Trinajstić information content (AvgIpc) is 2.39. The van der Waals surface area contributed by atoms with Gasteiger partial charge in [-0.15, -0.1) is 0 Å². The van der Waals surface area contributed by atoms with Crippen molar-refractivity contribution in [3.05, 3.63) is 29.6 Å². The monoisotopic (exact) mass is 272 g/mol. The number of amides is 1. The summed E-state index contributed by atoms with van der Waals surface area (Å²) in [5.41, 5.74) is -0.344. The van der Waals surface area contributed by atoms with Crippen molar-refractivity contribution in [2.24, 2.45) is 5.92 Å². The smallest absolute Gasteiger partial charge is 0.241 e. The number of hydrogen-bond acceptors (Lipinski definition) is 2. The fourth-order valence-electron chi connectivity index (χ4n) is 2.15. The molecule has 6 heteroatoms. The number of halogens is 3. The van der Waals surface area contributed by atoms with Crippen molar-refractivity contribution in [3.8, 4) is 0 Å². The molecular formula is C13H15F3N2O. The summed E-state index contributed by atoms with van der Waals surface area (Å²) in [6, 6.07) is 1.36. The molecule has 0 aromatic heterocycles. The Labute approximate surface area is 109 Å². The van der Waals surface area contributed by atoms with Crippen LogP contribution in [0.4, 0.5) is 18.9 Å². The molecule has 3 nitrogen and oxygen atoms in total. The number of hydrogen-bond donors (Lipinski definition) is 2. The van der Waals surface area contributed by atoms with Gasteiger partial charge in [-0.2, -0.15) is 0 Å². The highest BCUT2D eigenvalue weighted by Crippen LogP contribution is 2.21. The lowest BCUT2D eigenvalue weighted by atomic mass is 9.94. The van der Waals surface area contributed by atoms with Crippen LogP contribution in [0.5, 0.6) is 0 Å². The third-order valence-corrected chi connectivity index (χ3v) is 3.28. The van der Waals surface area contributed by atoms with Gasteiger partial charge in [0, 0.05) is 0 Å². The number of piperidine rings is 1. The molecule has 0 saturated carbocycles. The van der Waals surface area contributed by atoms with E-state index in [1.165, 1.54) is 0 Å². The molecule has 0 aliphatic carbocycles. The van der Waals surface area contributed by atoms with E-state index >= 15 is 0 Å². The molecule has 0 radical (unpaired) electrons. The summed E-state index contributed by atoms with van der Waals surface area (Å²) in [6.45, 7) is 2.73. The van der Waals surface area contributed by atoms with Gasteiger partial charge in [0.15, 0.2) is 17.5 Å². The Morgan fingerprint density at radius 1 is 1.32 bits per heavy atom. The first kappa shape index (κ1) is 13.9. The maximum atomic E-state index is 13.4. The van der Waals surface area contributed by atoms with Gasteiger partial charge in [-0.3, -0.25) is 4.79 Å². The first-order valence-corrected chi connectivity index (χ1v) is 6.16. The Balaban J connectivity index is 2.08. The normalized spacial score (nSPS) is 23.2. The summed E-state index contributed by atoms with van der Waals surface area (Å²) < 4.78 is 39.2. The highest BCUT2D eigenvalue weighted by molar-refractivity contribution is 5.95. The molecule has 1 aliphatic heterocycles. The first-order chi connectivity index (χ1) is 8.99. The zero-order valence-corrected chi connectivity index (χ0v) is 10.5. The van der Waals surface area contributed by atoms with Crippen LogP contribution in [-0.4, -0.2) is 18.5 Å². The van der Waals surface area contributed by atoms with E-state index in [9.17, 15) is 18.0 Å². The van der Waals surface area contributed by atoms with Gasteiger partial charge in [-0.05, 0) is 37.4 Å².